The van der Waals surface area contributed by atoms with E-state index in [4.69, 9.17) is 0 Å². The van der Waals surface area contributed by atoms with E-state index in [2.05, 4.69) is 37.5 Å². The van der Waals surface area contributed by atoms with Crippen LogP contribution in [0.1, 0.15) is 27.2 Å². The first-order valence-electron chi connectivity index (χ1n) is 9.47. The van der Waals surface area contributed by atoms with Crippen molar-refractivity contribution in [3.8, 4) is 5.69 Å². The molecule has 0 saturated carbocycles. The number of amides is 1. The number of aromatic amines is 1. The van der Waals surface area contributed by atoms with Crippen LogP contribution >= 0.6 is 0 Å². The maximum Gasteiger partial charge on any atom is 0.251 e. The lowest BCUT2D eigenvalue weighted by Crippen LogP contribution is -2.38. The van der Waals surface area contributed by atoms with Gasteiger partial charge in [-0.3, -0.25) is 4.79 Å². The molecule has 0 aliphatic carbocycles. The van der Waals surface area contributed by atoms with Gasteiger partial charge in [0, 0.05) is 29.9 Å². The molecule has 0 saturated heterocycles. The number of imidazole rings is 1. The molecule has 4 rings (SSSR count). The topological polar surface area (TPSA) is 88.5 Å². The third-order valence-corrected chi connectivity index (χ3v) is 4.81. The van der Waals surface area contributed by atoms with Gasteiger partial charge >= 0.3 is 0 Å². The van der Waals surface area contributed by atoms with E-state index in [0.717, 1.165) is 23.4 Å². The van der Waals surface area contributed by atoms with E-state index < -0.39 is 0 Å². The molecule has 0 fully saturated rings. The van der Waals surface area contributed by atoms with Crippen molar-refractivity contribution >= 4 is 5.91 Å². The SMILES string of the molecule is Cc1cc(C(=O)N[C@@H](Cc2ccccc2)Cc2cnc[nH]2)ccc1-n1cncn1. The summed E-state index contributed by atoms with van der Waals surface area (Å²) in [5.41, 5.74) is 4.64. The third kappa shape index (κ3) is 4.57. The molecule has 7 heteroatoms. The maximum absolute atomic E-state index is 13.0. The zero-order chi connectivity index (χ0) is 20.1. The predicted molar refractivity (Wildman–Crippen MR) is 110 cm³/mol. The van der Waals surface area contributed by atoms with E-state index >= 15 is 0 Å². The first kappa shape index (κ1) is 18.6. The molecule has 0 aliphatic heterocycles. The van der Waals surface area contributed by atoms with Gasteiger partial charge in [0.15, 0.2) is 0 Å². The van der Waals surface area contributed by atoms with Crippen LogP contribution in [-0.2, 0) is 12.8 Å². The van der Waals surface area contributed by atoms with Crippen molar-refractivity contribution in [2.75, 3.05) is 0 Å². The summed E-state index contributed by atoms with van der Waals surface area (Å²) in [7, 11) is 0. The van der Waals surface area contributed by atoms with Crippen LogP contribution in [0.5, 0.6) is 0 Å². The fraction of sp³-hybridized carbons (Fsp3) is 0.182. The monoisotopic (exact) mass is 386 g/mol. The van der Waals surface area contributed by atoms with Gasteiger partial charge in [-0.2, -0.15) is 5.10 Å². The van der Waals surface area contributed by atoms with E-state index in [1.807, 2.05) is 43.3 Å². The number of nitrogens with zero attached hydrogens (tertiary/aromatic N) is 4. The number of aryl methyl sites for hydroxylation is 1. The average molecular weight is 386 g/mol. The Bertz CT molecular complexity index is 1060. The molecule has 146 valence electrons. The molecule has 1 atom stereocenters. The van der Waals surface area contributed by atoms with Gasteiger partial charge in [-0.05, 0) is 42.7 Å². The van der Waals surface area contributed by atoms with E-state index in [1.54, 1.807) is 23.5 Å². The number of carbonyl (C=O) groups excluding carboxylic acids is 1. The van der Waals surface area contributed by atoms with Crippen molar-refractivity contribution in [3.63, 3.8) is 0 Å². The predicted octanol–water partition coefficient (Wildman–Crippen LogP) is 2.88. The van der Waals surface area contributed by atoms with Gasteiger partial charge in [-0.25, -0.2) is 14.6 Å². The van der Waals surface area contributed by atoms with Gasteiger partial charge in [-0.1, -0.05) is 30.3 Å². The van der Waals surface area contributed by atoms with Crippen LogP contribution in [-0.4, -0.2) is 36.7 Å². The molecule has 0 aliphatic rings. The number of H-pyrrole nitrogens is 1. The molecule has 4 aromatic rings. The van der Waals surface area contributed by atoms with Gasteiger partial charge in [0.25, 0.3) is 5.91 Å². The van der Waals surface area contributed by atoms with Gasteiger partial charge in [-0.15, -0.1) is 0 Å². The standard InChI is InChI=1S/C22H22N6O/c1-16-9-18(7-8-21(16)28-15-24-14-26-28)22(29)27-19(11-20-12-23-13-25-20)10-17-5-3-2-4-6-17/h2-9,12-15,19H,10-11H2,1H3,(H,23,25)(H,27,29)/t19-/m0/s1. The molecule has 0 radical (unpaired) electrons. The molecule has 2 aromatic carbocycles. The first-order chi connectivity index (χ1) is 14.2. The molecular formula is C22H22N6O. The van der Waals surface area contributed by atoms with Crippen LogP contribution in [0.4, 0.5) is 0 Å². The molecule has 1 amide bonds. The van der Waals surface area contributed by atoms with Crippen molar-refractivity contribution in [1.29, 1.82) is 0 Å². The Hall–Kier alpha value is -3.74. The second-order valence-corrected chi connectivity index (χ2v) is 6.98. The highest BCUT2D eigenvalue weighted by Gasteiger charge is 2.17. The molecule has 0 unspecified atom stereocenters. The quantitative estimate of drug-likeness (QED) is 0.511. The van der Waals surface area contributed by atoms with Crippen LogP contribution in [0.3, 0.4) is 0 Å². The number of rotatable bonds is 7. The molecule has 2 heterocycles. The minimum absolute atomic E-state index is 0.0550. The van der Waals surface area contributed by atoms with E-state index in [1.165, 1.54) is 11.9 Å². The minimum atomic E-state index is -0.0984. The number of aromatic nitrogens is 5. The van der Waals surface area contributed by atoms with Gasteiger partial charge < -0.3 is 10.3 Å². The van der Waals surface area contributed by atoms with Gasteiger partial charge in [0.2, 0.25) is 0 Å². The number of carbonyl (C=O) groups is 1. The minimum Gasteiger partial charge on any atom is -0.349 e. The number of hydrogen-bond acceptors (Lipinski definition) is 4. The summed E-state index contributed by atoms with van der Waals surface area (Å²) in [4.78, 5) is 24.1. The second kappa shape index (κ2) is 8.52. The van der Waals surface area contributed by atoms with Crippen molar-refractivity contribution in [1.82, 2.24) is 30.0 Å². The van der Waals surface area contributed by atoms with Crippen LogP contribution < -0.4 is 5.32 Å². The van der Waals surface area contributed by atoms with Crippen molar-refractivity contribution in [2.45, 2.75) is 25.8 Å². The van der Waals surface area contributed by atoms with E-state index in [-0.39, 0.29) is 11.9 Å². The Labute approximate surface area is 168 Å². The maximum atomic E-state index is 13.0. The summed E-state index contributed by atoms with van der Waals surface area (Å²) in [5, 5.41) is 7.33. The molecule has 0 bridgehead atoms. The van der Waals surface area contributed by atoms with Crippen molar-refractivity contribution < 1.29 is 4.79 Å². The number of hydrogen-bond donors (Lipinski definition) is 2. The summed E-state index contributed by atoms with van der Waals surface area (Å²) in [6, 6.07) is 15.7. The smallest absolute Gasteiger partial charge is 0.251 e. The summed E-state index contributed by atoms with van der Waals surface area (Å²) in [5.74, 6) is -0.0984. The number of nitrogens with one attached hydrogen (secondary N) is 2. The van der Waals surface area contributed by atoms with Crippen LogP contribution in [0.25, 0.3) is 5.69 Å². The van der Waals surface area contributed by atoms with Crippen LogP contribution in [0.15, 0.2) is 73.7 Å². The van der Waals surface area contributed by atoms with E-state index in [0.29, 0.717) is 12.0 Å². The molecule has 29 heavy (non-hydrogen) atoms. The lowest BCUT2D eigenvalue weighted by atomic mass is 10.0. The average Bonchev–Trinajstić information content (AvgIpc) is 3.43. The fourth-order valence-corrected chi connectivity index (χ4v) is 3.39. The zero-order valence-electron chi connectivity index (χ0n) is 16.1. The fourth-order valence-electron chi connectivity index (χ4n) is 3.39. The molecule has 7 nitrogen and oxygen atoms in total. The zero-order valence-corrected chi connectivity index (χ0v) is 16.1. The summed E-state index contributed by atoms with van der Waals surface area (Å²) in [6.07, 6.45) is 7.99. The normalized spacial score (nSPS) is 11.9. The Balaban J connectivity index is 1.51. The molecular weight excluding hydrogens is 364 g/mol. The Morgan fingerprint density at radius 3 is 2.69 bits per heavy atom. The second-order valence-electron chi connectivity index (χ2n) is 6.98. The number of benzene rings is 2. The highest BCUT2D eigenvalue weighted by atomic mass is 16.1. The molecule has 2 aromatic heterocycles. The lowest BCUT2D eigenvalue weighted by Gasteiger charge is -2.19. The first-order valence-corrected chi connectivity index (χ1v) is 9.47. The Morgan fingerprint density at radius 1 is 1.14 bits per heavy atom. The Kier molecular flexibility index (Phi) is 5.47. The third-order valence-electron chi connectivity index (χ3n) is 4.81. The lowest BCUT2D eigenvalue weighted by molar-refractivity contribution is 0.0936. The largest absolute Gasteiger partial charge is 0.349 e. The van der Waals surface area contributed by atoms with E-state index in [9.17, 15) is 4.79 Å². The van der Waals surface area contributed by atoms with Crippen molar-refractivity contribution in [3.05, 3.63) is 96.1 Å². The Morgan fingerprint density at radius 2 is 2.00 bits per heavy atom. The van der Waals surface area contributed by atoms with Gasteiger partial charge in [0.05, 0.1) is 12.0 Å². The summed E-state index contributed by atoms with van der Waals surface area (Å²) in [6.45, 7) is 1.96. The highest BCUT2D eigenvalue weighted by molar-refractivity contribution is 5.94. The summed E-state index contributed by atoms with van der Waals surface area (Å²) >= 11 is 0. The van der Waals surface area contributed by atoms with Gasteiger partial charge in [0.1, 0.15) is 12.7 Å². The molecule has 0 spiro atoms. The highest BCUT2D eigenvalue weighted by Crippen LogP contribution is 2.15. The van der Waals surface area contributed by atoms with Crippen LogP contribution in [0, 0.1) is 6.92 Å². The van der Waals surface area contributed by atoms with Crippen molar-refractivity contribution in [2.24, 2.45) is 0 Å². The summed E-state index contributed by atoms with van der Waals surface area (Å²) < 4.78 is 1.69. The van der Waals surface area contributed by atoms with Crippen LogP contribution in [0.2, 0.25) is 0 Å². The molecule has 2 N–H and O–H groups in total.